The van der Waals surface area contributed by atoms with Crippen LogP contribution in [0.4, 0.5) is 0 Å². The summed E-state index contributed by atoms with van der Waals surface area (Å²) in [6.45, 7) is 0.877. The van der Waals surface area contributed by atoms with Crippen LogP contribution in [0, 0.1) is 0 Å². The van der Waals surface area contributed by atoms with Gasteiger partial charge in [0.15, 0.2) is 0 Å². The van der Waals surface area contributed by atoms with Gasteiger partial charge in [0.25, 0.3) is 5.91 Å². The van der Waals surface area contributed by atoms with Crippen LogP contribution >= 0.6 is 12.4 Å². The number of carbonyl (C=O) groups is 4. The van der Waals surface area contributed by atoms with Crippen molar-refractivity contribution in [2.24, 2.45) is 5.73 Å². The van der Waals surface area contributed by atoms with Crippen LogP contribution < -0.4 is 16.4 Å². The van der Waals surface area contributed by atoms with Crippen LogP contribution in [0.1, 0.15) is 40.7 Å². The maximum absolute atomic E-state index is 12.7. The maximum atomic E-state index is 12.7. The third kappa shape index (κ3) is 3.86. The summed E-state index contributed by atoms with van der Waals surface area (Å²) in [5.74, 6) is -1.12. The Kier molecular flexibility index (Phi) is 6.33. The van der Waals surface area contributed by atoms with E-state index in [9.17, 15) is 19.2 Å². The van der Waals surface area contributed by atoms with E-state index in [1.54, 1.807) is 12.1 Å². The molecule has 0 aliphatic carbocycles. The fourth-order valence-electron chi connectivity index (χ4n) is 3.23. The first-order chi connectivity index (χ1) is 12.0. The van der Waals surface area contributed by atoms with Crippen LogP contribution in [0.15, 0.2) is 18.2 Å². The minimum atomic E-state index is -0.641. The van der Waals surface area contributed by atoms with E-state index < -0.39 is 11.9 Å². The van der Waals surface area contributed by atoms with Crippen molar-refractivity contribution in [1.82, 2.24) is 15.5 Å². The van der Waals surface area contributed by atoms with Gasteiger partial charge in [-0.1, -0.05) is 12.1 Å². The second-order valence-corrected chi connectivity index (χ2v) is 6.16. The van der Waals surface area contributed by atoms with Crippen LogP contribution in [0.3, 0.4) is 0 Å². The molecule has 1 aromatic carbocycles. The highest BCUT2D eigenvalue weighted by atomic mass is 35.5. The molecule has 0 aromatic heterocycles. The van der Waals surface area contributed by atoms with Crippen molar-refractivity contribution in [1.29, 1.82) is 0 Å². The van der Waals surface area contributed by atoms with Crippen molar-refractivity contribution >= 4 is 36.0 Å². The number of carbonyl (C=O) groups excluding carboxylic acids is 4. The van der Waals surface area contributed by atoms with E-state index in [1.165, 1.54) is 4.90 Å². The molecule has 8 nitrogen and oxygen atoms in total. The molecule has 9 heteroatoms. The SMILES string of the molecule is Cl.NCCC(=O)NCc1cccc2c1CN(C1CCC(=O)NC1=O)C2=O. The smallest absolute Gasteiger partial charge is 0.255 e. The monoisotopic (exact) mass is 380 g/mol. The Labute approximate surface area is 156 Å². The number of nitrogens with zero attached hydrogens (tertiary/aromatic N) is 1. The van der Waals surface area contributed by atoms with E-state index in [-0.39, 0.29) is 49.5 Å². The molecule has 4 amide bonds. The summed E-state index contributed by atoms with van der Waals surface area (Å²) in [6, 6.07) is 4.68. The Balaban J connectivity index is 0.00000243. The van der Waals surface area contributed by atoms with E-state index in [4.69, 9.17) is 5.73 Å². The highest BCUT2D eigenvalue weighted by Crippen LogP contribution is 2.29. The predicted molar refractivity (Wildman–Crippen MR) is 95.3 cm³/mol. The lowest BCUT2D eigenvalue weighted by Gasteiger charge is -2.29. The van der Waals surface area contributed by atoms with Gasteiger partial charge < -0.3 is 16.0 Å². The summed E-state index contributed by atoms with van der Waals surface area (Å²) in [5, 5.41) is 5.06. The molecule has 2 heterocycles. The van der Waals surface area contributed by atoms with Crippen molar-refractivity contribution in [2.45, 2.75) is 38.4 Å². The third-order valence-corrected chi connectivity index (χ3v) is 4.53. The van der Waals surface area contributed by atoms with Gasteiger partial charge in [0, 0.05) is 38.0 Å². The first-order valence-electron chi connectivity index (χ1n) is 8.23. The number of fused-ring (bicyclic) bond motifs is 1. The molecule has 0 spiro atoms. The van der Waals surface area contributed by atoms with Gasteiger partial charge in [0.2, 0.25) is 17.7 Å². The minimum absolute atomic E-state index is 0. The second-order valence-electron chi connectivity index (χ2n) is 6.16. The maximum Gasteiger partial charge on any atom is 0.255 e. The Morgan fingerprint density at radius 2 is 2.08 bits per heavy atom. The lowest BCUT2D eigenvalue weighted by Crippen LogP contribution is -2.52. The van der Waals surface area contributed by atoms with Crippen LogP contribution in [0.25, 0.3) is 0 Å². The summed E-state index contributed by atoms with van der Waals surface area (Å²) in [7, 11) is 0. The first-order valence-corrected chi connectivity index (χ1v) is 8.23. The number of imide groups is 1. The Morgan fingerprint density at radius 1 is 1.31 bits per heavy atom. The third-order valence-electron chi connectivity index (χ3n) is 4.53. The number of halogens is 1. The number of benzene rings is 1. The van der Waals surface area contributed by atoms with Crippen molar-refractivity contribution in [2.75, 3.05) is 6.54 Å². The van der Waals surface area contributed by atoms with Gasteiger partial charge in [-0.15, -0.1) is 12.4 Å². The molecule has 4 N–H and O–H groups in total. The van der Waals surface area contributed by atoms with E-state index in [0.717, 1.165) is 11.1 Å². The van der Waals surface area contributed by atoms with Crippen LogP contribution in [-0.4, -0.2) is 41.1 Å². The fourth-order valence-corrected chi connectivity index (χ4v) is 3.23. The summed E-state index contributed by atoms with van der Waals surface area (Å²) in [5.41, 5.74) is 7.54. The zero-order valence-corrected chi connectivity index (χ0v) is 14.9. The molecule has 0 radical (unpaired) electrons. The van der Waals surface area contributed by atoms with Gasteiger partial charge in [0.1, 0.15) is 6.04 Å². The molecule has 2 aliphatic rings. The van der Waals surface area contributed by atoms with Gasteiger partial charge in [-0.2, -0.15) is 0 Å². The van der Waals surface area contributed by atoms with Crippen LogP contribution in [0.5, 0.6) is 0 Å². The molecule has 1 atom stereocenters. The highest BCUT2D eigenvalue weighted by Gasteiger charge is 2.39. The van der Waals surface area contributed by atoms with E-state index in [2.05, 4.69) is 10.6 Å². The number of hydrogen-bond donors (Lipinski definition) is 3. The Hall–Kier alpha value is -2.45. The van der Waals surface area contributed by atoms with E-state index in [0.29, 0.717) is 25.1 Å². The second kappa shape index (κ2) is 8.29. The fraction of sp³-hybridized carbons (Fsp3) is 0.412. The van der Waals surface area contributed by atoms with Gasteiger partial charge in [-0.25, -0.2) is 0 Å². The number of nitrogens with one attached hydrogen (secondary N) is 2. The molecule has 26 heavy (non-hydrogen) atoms. The van der Waals surface area contributed by atoms with Gasteiger partial charge in [0.05, 0.1) is 0 Å². The number of piperidine rings is 1. The number of rotatable bonds is 5. The molecule has 0 saturated carbocycles. The molecule has 3 rings (SSSR count). The predicted octanol–water partition coefficient (Wildman–Crippen LogP) is -0.166. The van der Waals surface area contributed by atoms with Crippen molar-refractivity contribution in [3.05, 3.63) is 34.9 Å². The normalized spacial score (nSPS) is 18.9. The van der Waals surface area contributed by atoms with Gasteiger partial charge >= 0.3 is 0 Å². The van der Waals surface area contributed by atoms with Crippen molar-refractivity contribution in [3.63, 3.8) is 0 Å². The minimum Gasteiger partial charge on any atom is -0.352 e. The zero-order valence-electron chi connectivity index (χ0n) is 14.1. The van der Waals surface area contributed by atoms with Gasteiger partial charge in [-0.05, 0) is 23.6 Å². The zero-order chi connectivity index (χ0) is 18.0. The van der Waals surface area contributed by atoms with Crippen LogP contribution in [0.2, 0.25) is 0 Å². The number of nitrogens with two attached hydrogens (primary N) is 1. The highest BCUT2D eigenvalue weighted by molar-refractivity contribution is 6.05. The van der Waals surface area contributed by atoms with E-state index in [1.807, 2.05) is 6.07 Å². The summed E-state index contributed by atoms with van der Waals surface area (Å²) in [4.78, 5) is 49.2. The summed E-state index contributed by atoms with van der Waals surface area (Å²) < 4.78 is 0. The molecule has 2 aliphatic heterocycles. The molecule has 140 valence electrons. The molecule has 1 unspecified atom stereocenters. The average Bonchev–Trinajstić information content (AvgIpc) is 2.91. The first kappa shape index (κ1) is 19.9. The molecule has 1 fully saturated rings. The quantitative estimate of drug-likeness (QED) is 0.612. The van der Waals surface area contributed by atoms with Crippen LogP contribution in [-0.2, 0) is 27.5 Å². The lowest BCUT2D eigenvalue weighted by atomic mass is 10.0. The standard InChI is InChI=1S/C17H20N4O4.ClH/c18-7-6-14(22)19-8-10-2-1-3-11-12(10)9-21(17(11)25)13-4-5-15(23)20-16(13)24;/h1-3,13H,4-9,18H2,(H,19,22)(H,20,23,24);1H. The summed E-state index contributed by atoms with van der Waals surface area (Å²) >= 11 is 0. The Bertz CT molecular complexity index is 752. The molecular weight excluding hydrogens is 360 g/mol. The molecule has 1 saturated heterocycles. The summed E-state index contributed by atoms with van der Waals surface area (Å²) in [6.07, 6.45) is 0.794. The number of amides is 4. The lowest BCUT2D eigenvalue weighted by molar-refractivity contribution is -0.137. The topological polar surface area (TPSA) is 122 Å². The largest absolute Gasteiger partial charge is 0.352 e. The molecule has 0 bridgehead atoms. The molecule has 1 aromatic rings. The molecular formula is C17H21ClN4O4. The van der Waals surface area contributed by atoms with Crippen molar-refractivity contribution < 1.29 is 19.2 Å². The average molecular weight is 381 g/mol. The Morgan fingerprint density at radius 3 is 2.77 bits per heavy atom. The van der Waals surface area contributed by atoms with E-state index >= 15 is 0 Å². The van der Waals surface area contributed by atoms with Crippen molar-refractivity contribution in [3.8, 4) is 0 Å². The van der Waals surface area contributed by atoms with Gasteiger partial charge in [-0.3, -0.25) is 24.5 Å². The number of hydrogen-bond acceptors (Lipinski definition) is 5.